The van der Waals surface area contributed by atoms with E-state index in [1.165, 1.54) is 66.7 Å². The summed E-state index contributed by atoms with van der Waals surface area (Å²) in [6.07, 6.45) is 1.99. The van der Waals surface area contributed by atoms with Gasteiger partial charge in [0.2, 0.25) is 0 Å². The Morgan fingerprint density at radius 2 is 1.05 bits per heavy atom. The smallest absolute Gasteiger partial charge is 0.250 e. The number of nitrogens with zero attached hydrogens (tertiary/aromatic N) is 2. The van der Waals surface area contributed by atoms with E-state index in [9.17, 15) is 0 Å². The van der Waals surface area contributed by atoms with Gasteiger partial charge in [0.15, 0.2) is 5.82 Å². The van der Waals surface area contributed by atoms with Crippen LogP contribution >= 0.6 is 34.0 Å². The Balaban J connectivity index is 1.45. The van der Waals surface area contributed by atoms with Crippen LogP contribution in [0.3, 0.4) is 0 Å². The summed E-state index contributed by atoms with van der Waals surface area (Å²) in [6, 6.07) is 39.7. The molecular weight excluding hydrogens is 531 g/mol. The average molecular weight is 551 g/mol. The lowest BCUT2D eigenvalue weighted by atomic mass is 9.35. The lowest BCUT2D eigenvalue weighted by Crippen LogP contribution is -2.56. The zero-order valence-corrected chi connectivity index (χ0v) is 23.1. The first-order chi connectivity index (χ1) is 19.4. The van der Waals surface area contributed by atoms with E-state index in [4.69, 9.17) is 4.98 Å². The van der Waals surface area contributed by atoms with Crippen molar-refractivity contribution in [1.29, 1.82) is 0 Å². The van der Waals surface area contributed by atoms with Crippen molar-refractivity contribution in [3.8, 4) is 0 Å². The lowest BCUT2D eigenvalue weighted by Gasteiger charge is -2.32. The molecule has 6 heteroatoms. The Kier molecular flexibility index (Phi) is 4.64. The van der Waals surface area contributed by atoms with Crippen molar-refractivity contribution < 1.29 is 0 Å². The van der Waals surface area contributed by atoms with E-state index in [0.29, 0.717) is 0 Å². The maximum absolute atomic E-state index is 5.11. The average Bonchev–Trinajstić information content (AvgIpc) is 3.68. The molecule has 4 aromatic heterocycles. The minimum atomic E-state index is 0.154. The van der Waals surface area contributed by atoms with Crippen molar-refractivity contribution in [3.63, 3.8) is 0 Å². The molecule has 0 fully saturated rings. The summed E-state index contributed by atoms with van der Waals surface area (Å²) in [7, 11) is 0. The summed E-state index contributed by atoms with van der Waals surface area (Å²) in [6.45, 7) is 0.154. The number of benzene rings is 4. The predicted octanol–water partition coefficient (Wildman–Crippen LogP) is 8.18. The van der Waals surface area contributed by atoms with Crippen LogP contribution in [0.1, 0.15) is 0 Å². The second kappa shape index (κ2) is 8.27. The number of pyridine rings is 1. The van der Waals surface area contributed by atoms with Gasteiger partial charge in [-0.25, -0.2) is 4.98 Å². The molecule has 39 heavy (non-hydrogen) atoms. The molecule has 0 saturated heterocycles. The molecule has 0 saturated carbocycles. The van der Waals surface area contributed by atoms with E-state index in [-0.39, 0.29) is 6.71 Å². The second-order valence-electron chi connectivity index (χ2n) is 9.92. The monoisotopic (exact) mass is 550 g/mol. The van der Waals surface area contributed by atoms with Gasteiger partial charge < -0.3 is 0 Å². The molecule has 9 rings (SSSR count). The summed E-state index contributed by atoms with van der Waals surface area (Å²) >= 11 is 5.62. The van der Waals surface area contributed by atoms with E-state index in [0.717, 1.165) is 5.82 Å². The van der Waals surface area contributed by atoms with Crippen molar-refractivity contribution in [2.24, 2.45) is 0 Å². The highest BCUT2D eigenvalue weighted by Gasteiger charge is 2.41. The molecule has 0 spiro atoms. The molecule has 0 N–H and O–H groups in total. The standard InChI is InChI=1S/C33H19BN2S3/c1-2-10-20(11-3-1)34-28-23-13-5-8-16-26(23)38-32(28)36(33-29(34)24-14-6-9-17-27(24)39-33)31-30-22(18-19-35-31)21-12-4-7-15-25(21)37-30/h1-19H. The van der Waals surface area contributed by atoms with E-state index >= 15 is 0 Å². The molecule has 4 aromatic carbocycles. The number of rotatable bonds is 2. The Labute approximate surface area is 237 Å². The summed E-state index contributed by atoms with van der Waals surface area (Å²) in [5.74, 6) is 1.03. The van der Waals surface area contributed by atoms with Crippen LogP contribution in [-0.2, 0) is 0 Å². The van der Waals surface area contributed by atoms with Crippen LogP contribution in [0.5, 0.6) is 0 Å². The van der Waals surface area contributed by atoms with Gasteiger partial charge in [-0.3, -0.25) is 4.90 Å². The van der Waals surface area contributed by atoms with Crippen molar-refractivity contribution in [3.05, 3.63) is 115 Å². The Bertz CT molecular complexity index is 2130. The van der Waals surface area contributed by atoms with Crippen LogP contribution in [0.2, 0.25) is 0 Å². The Morgan fingerprint density at radius 3 is 1.69 bits per heavy atom. The van der Waals surface area contributed by atoms with Crippen LogP contribution in [0.15, 0.2) is 115 Å². The van der Waals surface area contributed by atoms with Gasteiger partial charge in [-0.2, -0.15) is 0 Å². The highest BCUT2D eigenvalue weighted by atomic mass is 32.1. The third-order valence-corrected chi connectivity index (χ3v) is 11.4. The number of anilines is 3. The fourth-order valence-electron chi connectivity index (χ4n) is 6.20. The first-order valence-electron chi connectivity index (χ1n) is 13.0. The second-order valence-corrected chi connectivity index (χ2v) is 13.0. The van der Waals surface area contributed by atoms with Crippen molar-refractivity contribution in [2.75, 3.05) is 4.90 Å². The van der Waals surface area contributed by atoms with E-state index < -0.39 is 0 Å². The Morgan fingerprint density at radius 1 is 0.513 bits per heavy atom. The van der Waals surface area contributed by atoms with E-state index in [1.54, 1.807) is 0 Å². The number of thiophene rings is 3. The van der Waals surface area contributed by atoms with Gasteiger partial charge >= 0.3 is 0 Å². The van der Waals surface area contributed by atoms with Crippen LogP contribution in [0, 0.1) is 0 Å². The first-order valence-corrected chi connectivity index (χ1v) is 15.5. The normalized spacial score (nSPS) is 13.0. The fraction of sp³-hybridized carbons (Fsp3) is 0. The minimum Gasteiger partial charge on any atom is -0.276 e. The molecule has 182 valence electrons. The van der Waals surface area contributed by atoms with Gasteiger partial charge in [-0.15, -0.1) is 34.0 Å². The third kappa shape index (κ3) is 3.05. The van der Waals surface area contributed by atoms with Crippen LogP contribution in [0.4, 0.5) is 15.8 Å². The lowest BCUT2D eigenvalue weighted by molar-refractivity contribution is 1.25. The van der Waals surface area contributed by atoms with Gasteiger partial charge in [-0.05, 0) is 46.0 Å². The van der Waals surface area contributed by atoms with Crippen LogP contribution < -0.4 is 21.3 Å². The van der Waals surface area contributed by atoms with Gasteiger partial charge in [0.25, 0.3) is 6.71 Å². The van der Waals surface area contributed by atoms with Crippen LogP contribution in [0.25, 0.3) is 40.3 Å². The summed E-state index contributed by atoms with van der Waals surface area (Å²) < 4.78 is 5.17. The zero-order valence-electron chi connectivity index (χ0n) is 20.7. The predicted molar refractivity (Wildman–Crippen MR) is 174 cm³/mol. The molecule has 0 amide bonds. The number of fused-ring (bicyclic) bond motifs is 9. The largest absolute Gasteiger partial charge is 0.276 e. The number of hydrogen-bond donors (Lipinski definition) is 0. The van der Waals surface area contributed by atoms with Gasteiger partial charge in [0.1, 0.15) is 0 Å². The van der Waals surface area contributed by atoms with Crippen molar-refractivity contribution in [1.82, 2.24) is 4.98 Å². The van der Waals surface area contributed by atoms with Crippen molar-refractivity contribution >= 4 is 113 Å². The van der Waals surface area contributed by atoms with E-state index in [2.05, 4.69) is 114 Å². The van der Waals surface area contributed by atoms with E-state index in [1.807, 2.05) is 40.2 Å². The van der Waals surface area contributed by atoms with Crippen LogP contribution in [-0.4, -0.2) is 11.7 Å². The number of hydrogen-bond acceptors (Lipinski definition) is 5. The third-order valence-electron chi connectivity index (χ3n) is 7.83. The molecule has 5 heterocycles. The molecule has 0 unspecified atom stereocenters. The summed E-state index contributed by atoms with van der Waals surface area (Å²) in [5, 5.41) is 7.80. The van der Waals surface area contributed by atoms with Crippen molar-refractivity contribution in [2.45, 2.75) is 0 Å². The Hall–Kier alpha value is -3.97. The molecule has 1 aliphatic rings. The SMILES string of the molecule is c1ccc(B2c3c(sc4ccccc34)N(c3nccc4c3sc3ccccc34)c3sc4ccccc4c32)cc1. The first kappa shape index (κ1) is 21.9. The topological polar surface area (TPSA) is 16.1 Å². The molecule has 0 radical (unpaired) electrons. The number of aromatic nitrogens is 1. The molecule has 0 aliphatic carbocycles. The van der Waals surface area contributed by atoms with Gasteiger partial charge in [0.05, 0.1) is 14.7 Å². The highest BCUT2D eigenvalue weighted by Crippen LogP contribution is 2.49. The molecule has 8 aromatic rings. The summed E-state index contributed by atoms with van der Waals surface area (Å²) in [4.78, 5) is 7.59. The zero-order chi connectivity index (χ0) is 25.5. The summed E-state index contributed by atoms with van der Waals surface area (Å²) in [5.41, 5.74) is 4.11. The van der Waals surface area contributed by atoms with Gasteiger partial charge in [-0.1, -0.05) is 90.4 Å². The molecule has 0 bridgehead atoms. The minimum absolute atomic E-state index is 0.154. The molecule has 2 nitrogen and oxygen atoms in total. The fourth-order valence-corrected chi connectivity index (χ4v) is 9.93. The maximum Gasteiger partial charge on any atom is 0.250 e. The maximum atomic E-state index is 5.11. The quantitative estimate of drug-likeness (QED) is 0.202. The molecule has 1 aliphatic heterocycles. The molecular formula is C33H19BN2S3. The highest BCUT2D eigenvalue weighted by molar-refractivity contribution is 7.31. The molecule has 0 atom stereocenters. The van der Waals surface area contributed by atoms with Gasteiger partial charge in [0, 0.05) is 31.1 Å².